The van der Waals surface area contributed by atoms with Crippen LogP contribution in [0.15, 0.2) is 11.3 Å². The Morgan fingerprint density at radius 2 is 2.33 bits per heavy atom. The molecular weight excluding hydrogens is 194 g/mol. The van der Waals surface area contributed by atoms with Crippen molar-refractivity contribution in [2.75, 3.05) is 6.54 Å². The number of rotatable bonds is 2. The number of H-pyrrole nitrogens is 1. The Morgan fingerprint density at radius 3 is 3.00 bits per heavy atom. The van der Waals surface area contributed by atoms with Crippen molar-refractivity contribution in [1.29, 1.82) is 0 Å². The third-order valence-corrected chi connectivity index (χ3v) is 2.15. The van der Waals surface area contributed by atoms with Gasteiger partial charge in [-0.15, -0.1) is 0 Å². The molecule has 15 heavy (non-hydrogen) atoms. The van der Waals surface area contributed by atoms with E-state index in [1.165, 1.54) is 6.33 Å². The second kappa shape index (κ2) is 3.72. The van der Waals surface area contributed by atoms with E-state index in [2.05, 4.69) is 19.9 Å². The highest BCUT2D eigenvalue weighted by Gasteiger charge is 2.08. The summed E-state index contributed by atoms with van der Waals surface area (Å²) in [6.07, 6.45) is 2.15. The Morgan fingerprint density at radius 1 is 1.53 bits per heavy atom. The Hall–Kier alpha value is -1.85. The molecule has 2 N–H and O–H groups in total. The van der Waals surface area contributed by atoms with Gasteiger partial charge in [0.2, 0.25) is 0 Å². The number of imidazole rings is 1. The first-order valence-corrected chi connectivity index (χ1v) is 4.92. The van der Waals surface area contributed by atoms with E-state index in [9.17, 15) is 5.21 Å². The fourth-order valence-corrected chi connectivity index (χ4v) is 1.45. The van der Waals surface area contributed by atoms with E-state index < -0.39 is 0 Å². The SMILES string of the molecule is CCN=c1nc(CC)n(O)c2nc[nH]c12. The summed E-state index contributed by atoms with van der Waals surface area (Å²) < 4.78 is 1.00. The maximum atomic E-state index is 9.76. The summed E-state index contributed by atoms with van der Waals surface area (Å²) in [5, 5.41) is 9.76. The number of nitrogens with one attached hydrogen (secondary N) is 1. The maximum Gasteiger partial charge on any atom is 0.199 e. The van der Waals surface area contributed by atoms with Crippen LogP contribution in [0.5, 0.6) is 0 Å². The van der Waals surface area contributed by atoms with Crippen LogP contribution in [0.25, 0.3) is 11.2 Å². The van der Waals surface area contributed by atoms with Crippen molar-refractivity contribution < 1.29 is 5.21 Å². The lowest BCUT2D eigenvalue weighted by Gasteiger charge is -2.04. The number of aromatic nitrogens is 4. The highest BCUT2D eigenvalue weighted by atomic mass is 16.5. The average Bonchev–Trinajstić information content (AvgIpc) is 2.71. The van der Waals surface area contributed by atoms with Gasteiger partial charge < -0.3 is 10.2 Å². The topological polar surface area (TPSA) is 79.1 Å². The molecule has 2 aromatic heterocycles. The Bertz CT molecular complexity index is 539. The quantitative estimate of drug-likeness (QED) is 0.703. The molecule has 2 heterocycles. The fraction of sp³-hybridized carbons (Fsp3) is 0.444. The molecule has 0 saturated heterocycles. The van der Waals surface area contributed by atoms with Crippen molar-refractivity contribution in [3.8, 4) is 0 Å². The molecule has 0 aliphatic heterocycles. The van der Waals surface area contributed by atoms with Gasteiger partial charge in [0.15, 0.2) is 11.1 Å². The van der Waals surface area contributed by atoms with Crippen LogP contribution >= 0.6 is 0 Å². The smallest absolute Gasteiger partial charge is 0.199 e. The van der Waals surface area contributed by atoms with E-state index in [0.717, 1.165) is 4.73 Å². The largest absolute Gasteiger partial charge is 0.425 e. The zero-order valence-electron chi connectivity index (χ0n) is 8.73. The Labute approximate surface area is 86.3 Å². The molecule has 0 bridgehead atoms. The average molecular weight is 207 g/mol. The lowest BCUT2D eigenvalue weighted by atomic mass is 10.4. The van der Waals surface area contributed by atoms with Gasteiger partial charge in [0.25, 0.3) is 0 Å². The highest BCUT2D eigenvalue weighted by Crippen LogP contribution is 2.04. The zero-order valence-corrected chi connectivity index (χ0v) is 8.73. The van der Waals surface area contributed by atoms with Crippen LogP contribution in [0.2, 0.25) is 0 Å². The van der Waals surface area contributed by atoms with Crippen LogP contribution in [-0.2, 0) is 6.42 Å². The van der Waals surface area contributed by atoms with Crippen LogP contribution in [-0.4, -0.2) is 31.4 Å². The first-order chi connectivity index (χ1) is 7.27. The molecule has 0 radical (unpaired) electrons. The van der Waals surface area contributed by atoms with Gasteiger partial charge in [-0.25, -0.2) is 9.97 Å². The summed E-state index contributed by atoms with van der Waals surface area (Å²) in [4.78, 5) is 15.4. The lowest BCUT2D eigenvalue weighted by molar-refractivity contribution is 0.182. The predicted molar refractivity (Wildman–Crippen MR) is 54.5 cm³/mol. The van der Waals surface area contributed by atoms with Crippen molar-refractivity contribution in [3.63, 3.8) is 0 Å². The first-order valence-electron chi connectivity index (χ1n) is 4.92. The van der Waals surface area contributed by atoms with E-state index in [1.807, 2.05) is 13.8 Å². The second-order valence-corrected chi connectivity index (χ2v) is 3.09. The number of hydrogen-bond acceptors (Lipinski definition) is 4. The van der Waals surface area contributed by atoms with E-state index in [0.29, 0.717) is 35.4 Å². The minimum absolute atomic E-state index is 0.467. The first kappa shape index (κ1) is 9.70. The molecule has 6 nitrogen and oxygen atoms in total. The van der Waals surface area contributed by atoms with Gasteiger partial charge in [0.1, 0.15) is 11.3 Å². The van der Waals surface area contributed by atoms with E-state index in [1.54, 1.807) is 0 Å². The monoisotopic (exact) mass is 207 g/mol. The molecule has 0 fully saturated rings. The molecule has 0 amide bonds. The van der Waals surface area contributed by atoms with Gasteiger partial charge in [-0.3, -0.25) is 4.99 Å². The number of hydrogen-bond donors (Lipinski definition) is 2. The highest BCUT2D eigenvalue weighted by molar-refractivity contribution is 5.68. The molecule has 0 aromatic carbocycles. The second-order valence-electron chi connectivity index (χ2n) is 3.09. The van der Waals surface area contributed by atoms with Crippen molar-refractivity contribution in [2.45, 2.75) is 20.3 Å². The number of fused-ring (bicyclic) bond motifs is 1. The van der Waals surface area contributed by atoms with Crippen molar-refractivity contribution in [1.82, 2.24) is 19.7 Å². The molecule has 0 spiro atoms. The summed E-state index contributed by atoms with van der Waals surface area (Å²) in [5.74, 6) is 0.557. The third-order valence-electron chi connectivity index (χ3n) is 2.15. The normalized spacial score (nSPS) is 12.5. The molecule has 2 aromatic rings. The van der Waals surface area contributed by atoms with E-state index >= 15 is 0 Å². The summed E-state index contributed by atoms with van der Waals surface area (Å²) in [7, 11) is 0. The summed E-state index contributed by atoms with van der Waals surface area (Å²) in [6, 6.07) is 0. The Kier molecular flexibility index (Phi) is 2.40. The van der Waals surface area contributed by atoms with Crippen LogP contribution < -0.4 is 5.49 Å². The van der Waals surface area contributed by atoms with Gasteiger partial charge in [0, 0.05) is 13.0 Å². The lowest BCUT2D eigenvalue weighted by Crippen LogP contribution is -2.19. The number of nitrogens with zero attached hydrogens (tertiary/aromatic N) is 4. The van der Waals surface area contributed by atoms with Crippen molar-refractivity contribution >= 4 is 11.2 Å². The van der Waals surface area contributed by atoms with Crippen LogP contribution in [0.4, 0.5) is 0 Å². The molecule has 0 aliphatic carbocycles. The van der Waals surface area contributed by atoms with Crippen molar-refractivity contribution in [2.24, 2.45) is 4.99 Å². The minimum Gasteiger partial charge on any atom is -0.425 e. The summed E-state index contributed by atoms with van der Waals surface area (Å²) in [6.45, 7) is 4.51. The van der Waals surface area contributed by atoms with Gasteiger partial charge in [-0.05, 0) is 6.92 Å². The van der Waals surface area contributed by atoms with E-state index in [-0.39, 0.29) is 0 Å². The predicted octanol–water partition coefficient (Wildman–Crippen LogP) is 0.480. The molecule has 0 unspecified atom stereocenters. The van der Waals surface area contributed by atoms with Gasteiger partial charge in [-0.1, -0.05) is 6.92 Å². The molecule has 80 valence electrons. The molecule has 2 rings (SSSR count). The molecule has 0 aliphatic rings. The zero-order chi connectivity index (χ0) is 10.8. The number of aromatic amines is 1. The minimum atomic E-state index is 0.467. The van der Waals surface area contributed by atoms with E-state index in [4.69, 9.17) is 0 Å². The molecular formula is C9H13N5O. The Balaban J connectivity index is 2.86. The van der Waals surface area contributed by atoms with Gasteiger partial charge in [-0.2, -0.15) is 4.73 Å². The number of aryl methyl sites for hydroxylation is 1. The van der Waals surface area contributed by atoms with Crippen LogP contribution in [0.3, 0.4) is 0 Å². The van der Waals surface area contributed by atoms with Gasteiger partial charge >= 0.3 is 0 Å². The molecule has 6 heteroatoms. The standard InChI is InChI=1S/C9H13N5O/c1-3-6-13-8(10-4-2)7-9(14(6)15)12-5-11-7/h5,15H,3-4H2,1-2H3,(H,11,12). The molecule has 0 saturated carbocycles. The van der Waals surface area contributed by atoms with Crippen LogP contribution in [0, 0.1) is 0 Å². The van der Waals surface area contributed by atoms with Gasteiger partial charge in [0.05, 0.1) is 6.33 Å². The fourth-order valence-electron chi connectivity index (χ4n) is 1.45. The molecule has 0 atom stereocenters. The summed E-state index contributed by atoms with van der Waals surface area (Å²) >= 11 is 0. The van der Waals surface area contributed by atoms with Crippen molar-refractivity contribution in [3.05, 3.63) is 17.6 Å². The van der Waals surface area contributed by atoms with Crippen LogP contribution in [0.1, 0.15) is 19.7 Å². The summed E-state index contributed by atoms with van der Waals surface area (Å²) in [5.41, 5.74) is 1.73. The third kappa shape index (κ3) is 1.47. The maximum absolute atomic E-state index is 9.76.